The van der Waals surface area contributed by atoms with Gasteiger partial charge in [0.1, 0.15) is 5.75 Å². The van der Waals surface area contributed by atoms with Crippen molar-refractivity contribution in [2.24, 2.45) is 16.1 Å². The maximum atomic E-state index is 10.8. The molecule has 7 nitrogen and oxygen atoms in total. The number of carbonyl (C=O) groups is 1. The van der Waals surface area contributed by atoms with E-state index in [9.17, 15) is 4.79 Å². The molecule has 2 saturated carbocycles. The van der Waals surface area contributed by atoms with Crippen molar-refractivity contribution < 1.29 is 14.3 Å². The lowest BCUT2D eigenvalue weighted by Gasteiger charge is -2.61. The Bertz CT molecular complexity index is 688. The van der Waals surface area contributed by atoms with Gasteiger partial charge < -0.3 is 25.8 Å². The largest absolute Gasteiger partial charge is 0.484 e. The molecule has 0 saturated heterocycles. The van der Waals surface area contributed by atoms with E-state index in [4.69, 9.17) is 15.2 Å². The molecule has 1 amide bonds. The maximum absolute atomic E-state index is 10.8. The molecule has 4 N–H and O–H groups in total. The Labute approximate surface area is 160 Å². The summed E-state index contributed by atoms with van der Waals surface area (Å²) in [5.74, 6) is 0.937. The fourth-order valence-corrected chi connectivity index (χ4v) is 4.09. The van der Waals surface area contributed by atoms with Crippen molar-refractivity contribution in [2.75, 3.05) is 20.3 Å². The molecule has 0 bridgehead atoms. The summed E-state index contributed by atoms with van der Waals surface area (Å²) >= 11 is 0. The second kappa shape index (κ2) is 8.61. The second-order valence-corrected chi connectivity index (χ2v) is 7.29. The number of hydrogen-bond donors (Lipinski definition) is 3. The first-order chi connectivity index (χ1) is 13.1. The summed E-state index contributed by atoms with van der Waals surface area (Å²) < 4.78 is 11.3. The molecule has 1 aromatic carbocycles. The standard InChI is InChI=1S/C20H30N4O3/c1-3-26-17-11-16(20(17)8-5-9-20)24-19(22-2)23-12-14-6-4-7-15(10-14)27-13-18(21)25/h4,6-7,10,16-17H,3,5,8-9,11-13H2,1-2H3,(H2,21,25)(H2,22,23,24). The highest BCUT2D eigenvalue weighted by molar-refractivity contribution is 5.80. The van der Waals surface area contributed by atoms with Crippen LogP contribution in [0.3, 0.4) is 0 Å². The van der Waals surface area contributed by atoms with E-state index in [1.807, 2.05) is 24.3 Å². The van der Waals surface area contributed by atoms with Crippen LogP contribution < -0.4 is 21.1 Å². The predicted molar refractivity (Wildman–Crippen MR) is 105 cm³/mol. The van der Waals surface area contributed by atoms with Crippen LogP contribution in [-0.2, 0) is 16.1 Å². The van der Waals surface area contributed by atoms with E-state index < -0.39 is 5.91 Å². The van der Waals surface area contributed by atoms with Crippen LogP contribution in [0, 0.1) is 5.41 Å². The zero-order valence-corrected chi connectivity index (χ0v) is 16.2. The zero-order valence-electron chi connectivity index (χ0n) is 16.2. The van der Waals surface area contributed by atoms with Gasteiger partial charge in [0.2, 0.25) is 0 Å². The third-order valence-electron chi connectivity index (χ3n) is 5.71. The van der Waals surface area contributed by atoms with Crippen molar-refractivity contribution >= 4 is 11.9 Å². The fourth-order valence-electron chi connectivity index (χ4n) is 4.09. The molecule has 2 fully saturated rings. The summed E-state index contributed by atoms with van der Waals surface area (Å²) in [7, 11) is 1.79. The molecule has 3 rings (SSSR count). The fraction of sp³-hybridized carbons (Fsp3) is 0.600. The summed E-state index contributed by atoms with van der Waals surface area (Å²) in [6.07, 6.45) is 5.15. The Kier molecular flexibility index (Phi) is 6.21. The normalized spacial score (nSPS) is 23.3. The van der Waals surface area contributed by atoms with E-state index in [1.165, 1.54) is 19.3 Å². The van der Waals surface area contributed by atoms with Crippen molar-refractivity contribution in [2.45, 2.75) is 51.3 Å². The second-order valence-electron chi connectivity index (χ2n) is 7.29. The van der Waals surface area contributed by atoms with Gasteiger partial charge in [-0.3, -0.25) is 9.79 Å². The van der Waals surface area contributed by atoms with Crippen molar-refractivity contribution in [1.82, 2.24) is 10.6 Å². The number of nitrogens with one attached hydrogen (secondary N) is 2. The van der Waals surface area contributed by atoms with Crippen LogP contribution in [0.15, 0.2) is 29.3 Å². The lowest BCUT2D eigenvalue weighted by atomic mass is 9.51. The number of ether oxygens (including phenoxy) is 2. The number of guanidine groups is 1. The first-order valence-electron chi connectivity index (χ1n) is 9.66. The molecule has 148 valence electrons. The van der Waals surface area contributed by atoms with Crippen molar-refractivity contribution in [3.8, 4) is 5.75 Å². The first kappa shape index (κ1) is 19.5. The van der Waals surface area contributed by atoms with Gasteiger partial charge in [-0.25, -0.2) is 0 Å². The number of amides is 1. The van der Waals surface area contributed by atoms with Crippen LogP contribution in [-0.4, -0.2) is 44.3 Å². The molecule has 27 heavy (non-hydrogen) atoms. The van der Waals surface area contributed by atoms with Gasteiger partial charge in [-0.15, -0.1) is 0 Å². The third-order valence-corrected chi connectivity index (χ3v) is 5.71. The summed E-state index contributed by atoms with van der Waals surface area (Å²) in [4.78, 5) is 15.2. The average molecular weight is 374 g/mol. The van der Waals surface area contributed by atoms with Gasteiger partial charge in [-0.1, -0.05) is 18.6 Å². The van der Waals surface area contributed by atoms with Gasteiger partial charge in [-0.2, -0.15) is 0 Å². The van der Waals surface area contributed by atoms with Crippen LogP contribution in [0.25, 0.3) is 0 Å². The van der Waals surface area contributed by atoms with E-state index in [0.29, 0.717) is 24.4 Å². The predicted octanol–water partition coefficient (Wildman–Crippen LogP) is 1.56. The summed E-state index contributed by atoms with van der Waals surface area (Å²) in [5, 5.41) is 6.94. The molecule has 1 aromatic rings. The smallest absolute Gasteiger partial charge is 0.255 e. The maximum Gasteiger partial charge on any atom is 0.255 e. The lowest BCUT2D eigenvalue weighted by Crippen LogP contribution is -2.68. The first-order valence-corrected chi connectivity index (χ1v) is 9.66. The Morgan fingerprint density at radius 1 is 1.41 bits per heavy atom. The van der Waals surface area contributed by atoms with Gasteiger partial charge in [-0.05, 0) is 43.9 Å². The number of carbonyl (C=O) groups excluding carboxylic acids is 1. The Morgan fingerprint density at radius 2 is 2.22 bits per heavy atom. The van der Waals surface area contributed by atoms with Crippen molar-refractivity contribution in [3.63, 3.8) is 0 Å². The molecule has 2 unspecified atom stereocenters. The van der Waals surface area contributed by atoms with Gasteiger partial charge in [0.25, 0.3) is 5.91 Å². The van der Waals surface area contributed by atoms with E-state index >= 15 is 0 Å². The van der Waals surface area contributed by atoms with Gasteiger partial charge in [0.15, 0.2) is 12.6 Å². The molecular weight excluding hydrogens is 344 g/mol. The van der Waals surface area contributed by atoms with Gasteiger partial charge >= 0.3 is 0 Å². The number of aliphatic imine (C=N–C) groups is 1. The minimum Gasteiger partial charge on any atom is -0.484 e. The molecule has 0 aliphatic heterocycles. The van der Waals surface area contributed by atoms with Crippen LogP contribution in [0.5, 0.6) is 5.75 Å². The summed E-state index contributed by atoms with van der Waals surface area (Å²) in [6.45, 7) is 3.34. The SMILES string of the molecule is CCOC1CC(NC(=NC)NCc2cccc(OCC(N)=O)c2)C12CCC2. The third kappa shape index (κ3) is 4.35. The highest BCUT2D eigenvalue weighted by atomic mass is 16.5. The molecule has 1 spiro atoms. The van der Waals surface area contributed by atoms with Crippen LogP contribution in [0.1, 0.15) is 38.2 Å². The number of rotatable bonds is 8. The van der Waals surface area contributed by atoms with E-state index in [0.717, 1.165) is 24.6 Å². The molecule has 7 heteroatoms. The Morgan fingerprint density at radius 3 is 2.85 bits per heavy atom. The van der Waals surface area contributed by atoms with Crippen LogP contribution in [0.2, 0.25) is 0 Å². The minimum absolute atomic E-state index is 0.120. The summed E-state index contributed by atoms with van der Waals surface area (Å²) in [5.41, 5.74) is 6.45. The van der Waals surface area contributed by atoms with Crippen molar-refractivity contribution in [1.29, 1.82) is 0 Å². The highest BCUT2D eigenvalue weighted by Crippen LogP contribution is 2.57. The monoisotopic (exact) mass is 374 g/mol. The Hall–Kier alpha value is -2.28. The zero-order chi connectivity index (χ0) is 19.3. The molecule has 0 aromatic heterocycles. The van der Waals surface area contributed by atoms with Gasteiger partial charge in [0, 0.05) is 31.7 Å². The van der Waals surface area contributed by atoms with Crippen LogP contribution >= 0.6 is 0 Å². The van der Waals surface area contributed by atoms with Crippen molar-refractivity contribution in [3.05, 3.63) is 29.8 Å². The molecule has 2 aliphatic carbocycles. The van der Waals surface area contributed by atoms with Gasteiger partial charge in [0.05, 0.1) is 6.10 Å². The topological polar surface area (TPSA) is 98.0 Å². The Balaban J connectivity index is 1.51. The summed E-state index contributed by atoms with van der Waals surface area (Å²) in [6, 6.07) is 8.01. The number of hydrogen-bond acceptors (Lipinski definition) is 4. The quantitative estimate of drug-likeness (QED) is 0.474. The number of primary amides is 1. The number of benzene rings is 1. The van der Waals surface area contributed by atoms with Crippen LogP contribution in [0.4, 0.5) is 0 Å². The van der Waals surface area contributed by atoms with E-state index in [2.05, 4.69) is 22.5 Å². The average Bonchev–Trinajstić information content (AvgIpc) is 2.60. The van der Waals surface area contributed by atoms with E-state index in [-0.39, 0.29) is 12.0 Å². The molecule has 2 atom stereocenters. The minimum atomic E-state index is -0.487. The number of nitrogens with two attached hydrogens (primary N) is 1. The van der Waals surface area contributed by atoms with E-state index in [1.54, 1.807) is 7.05 Å². The molecular formula is C20H30N4O3. The molecule has 2 aliphatic rings. The number of nitrogens with zero attached hydrogens (tertiary/aromatic N) is 1. The molecule has 0 radical (unpaired) electrons. The highest BCUT2D eigenvalue weighted by Gasteiger charge is 2.59. The lowest BCUT2D eigenvalue weighted by molar-refractivity contribution is -0.168. The molecule has 0 heterocycles.